The van der Waals surface area contributed by atoms with Crippen LogP contribution in [0.1, 0.15) is 35.4 Å². The number of hydrogen-bond acceptors (Lipinski definition) is 2. The lowest BCUT2D eigenvalue weighted by atomic mass is 9.90. The number of rotatable bonds is 1. The molecule has 0 radical (unpaired) electrons. The third kappa shape index (κ3) is 2.00. The first-order valence-electron chi connectivity index (χ1n) is 5.66. The number of nitrogens with two attached hydrogens (primary N) is 1. The molecule has 1 aromatic rings. The molecule has 0 bridgehead atoms. The lowest BCUT2D eigenvalue weighted by Gasteiger charge is -2.17. The Morgan fingerprint density at radius 3 is 2.93 bits per heavy atom. The first kappa shape index (κ1) is 10.5. The van der Waals surface area contributed by atoms with E-state index >= 15 is 0 Å². The van der Waals surface area contributed by atoms with Crippen LogP contribution in [0.4, 0.5) is 0 Å². The predicted molar refractivity (Wildman–Crippen MR) is 62.4 cm³/mol. The lowest BCUT2D eigenvalue weighted by Crippen LogP contribution is -2.13. The van der Waals surface area contributed by atoms with Crippen molar-refractivity contribution in [3.63, 3.8) is 0 Å². The summed E-state index contributed by atoms with van der Waals surface area (Å²) in [5.74, 6) is 1.53. The Labute approximate surface area is 91.4 Å². The second-order valence-corrected chi connectivity index (χ2v) is 4.42. The van der Waals surface area contributed by atoms with Gasteiger partial charge in [0, 0.05) is 11.5 Å². The van der Waals surface area contributed by atoms with Crippen LogP contribution >= 0.6 is 0 Å². The van der Waals surface area contributed by atoms with Gasteiger partial charge in [0.2, 0.25) is 0 Å². The van der Waals surface area contributed by atoms with Gasteiger partial charge in [-0.2, -0.15) is 0 Å². The summed E-state index contributed by atoms with van der Waals surface area (Å²) in [6, 6.07) is 4.35. The fourth-order valence-electron chi connectivity index (χ4n) is 2.47. The molecule has 0 saturated heterocycles. The smallest absolute Gasteiger partial charge is 0.123 e. The van der Waals surface area contributed by atoms with Crippen molar-refractivity contribution >= 4 is 0 Å². The fourth-order valence-corrected chi connectivity index (χ4v) is 2.47. The molecule has 1 heterocycles. The monoisotopic (exact) mass is 205 g/mol. The predicted octanol–water partition coefficient (Wildman–Crippen LogP) is 2.52. The summed E-state index contributed by atoms with van der Waals surface area (Å²) in [5.41, 5.74) is 9.76. The van der Waals surface area contributed by atoms with Crippen molar-refractivity contribution in [1.29, 1.82) is 0 Å². The number of aryl methyl sites for hydroxylation is 2. The van der Waals surface area contributed by atoms with E-state index in [4.69, 9.17) is 10.5 Å². The topological polar surface area (TPSA) is 35.2 Å². The maximum absolute atomic E-state index is 5.84. The fraction of sp³-hybridized carbons (Fsp3) is 0.538. The van der Waals surface area contributed by atoms with Crippen LogP contribution in [0.25, 0.3) is 0 Å². The molecule has 1 aliphatic heterocycles. The quantitative estimate of drug-likeness (QED) is 0.764. The van der Waals surface area contributed by atoms with Crippen LogP contribution in [0.2, 0.25) is 0 Å². The van der Waals surface area contributed by atoms with Crippen molar-refractivity contribution in [2.24, 2.45) is 5.73 Å². The average Bonchev–Trinajstić information content (AvgIpc) is 2.39. The van der Waals surface area contributed by atoms with Crippen LogP contribution in [0, 0.1) is 13.8 Å². The summed E-state index contributed by atoms with van der Waals surface area (Å²) in [4.78, 5) is 0. The molecule has 1 unspecified atom stereocenters. The first-order valence-corrected chi connectivity index (χ1v) is 5.66. The van der Waals surface area contributed by atoms with Crippen LogP contribution in [-0.2, 0) is 0 Å². The average molecular weight is 205 g/mol. The Kier molecular flexibility index (Phi) is 2.96. The minimum absolute atomic E-state index is 0.475. The van der Waals surface area contributed by atoms with Gasteiger partial charge in [0.15, 0.2) is 0 Å². The number of benzene rings is 1. The molecule has 0 saturated carbocycles. The van der Waals surface area contributed by atoms with Gasteiger partial charge in [-0.25, -0.2) is 0 Å². The summed E-state index contributed by atoms with van der Waals surface area (Å²) in [5, 5.41) is 0. The summed E-state index contributed by atoms with van der Waals surface area (Å²) in [6.45, 7) is 5.81. The Hall–Kier alpha value is -1.02. The first-order chi connectivity index (χ1) is 7.22. The van der Waals surface area contributed by atoms with Crippen molar-refractivity contribution in [3.8, 4) is 5.75 Å². The summed E-state index contributed by atoms with van der Waals surface area (Å²) < 4.78 is 5.79. The molecule has 2 rings (SSSR count). The number of fused-ring (bicyclic) bond motifs is 1. The van der Waals surface area contributed by atoms with E-state index in [-0.39, 0.29) is 0 Å². The molecule has 1 aromatic carbocycles. The lowest BCUT2D eigenvalue weighted by molar-refractivity contribution is 0.316. The summed E-state index contributed by atoms with van der Waals surface area (Å²) in [7, 11) is 0. The van der Waals surface area contributed by atoms with Gasteiger partial charge in [-0.3, -0.25) is 0 Å². The Morgan fingerprint density at radius 2 is 2.20 bits per heavy atom. The molecule has 2 N–H and O–H groups in total. The van der Waals surface area contributed by atoms with Gasteiger partial charge in [0.1, 0.15) is 5.75 Å². The zero-order chi connectivity index (χ0) is 10.8. The second kappa shape index (κ2) is 4.23. The molecule has 2 nitrogen and oxygen atoms in total. The number of hydrogen-bond donors (Lipinski definition) is 1. The maximum atomic E-state index is 5.84. The van der Waals surface area contributed by atoms with Crippen LogP contribution in [0.5, 0.6) is 5.75 Å². The molecule has 15 heavy (non-hydrogen) atoms. The molecule has 1 atom stereocenters. The van der Waals surface area contributed by atoms with Crippen LogP contribution in [0.3, 0.4) is 0 Å². The molecule has 1 aliphatic rings. The van der Waals surface area contributed by atoms with E-state index in [0.717, 1.165) is 31.7 Å². The minimum atomic E-state index is 0.475. The van der Waals surface area contributed by atoms with Crippen LogP contribution < -0.4 is 10.5 Å². The Morgan fingerprint density at radius 1 is 1.40 bits per heavy atom. The molecule has 0 aromatic heterocycles. The van der Waals surface area contributed by atoms with E-state index in [9.17, 15) is 0 Å². The molecule has 82 valence electrons. The highest BCUT2D eigenvalue weighted by molar-refractivity contribution is 5.45. The van der Waals surface area contributed by atoms with E-state index in [1.165, 1.54) is 16.7 Å². The number of ether oxygens (including phenoxy) is 1. The maximum Gasteiger partial charge on any atom is 0.123 e. The van der Waals surface area contributed by atoms with Crippen molar-refractivity contribution in [2.45, 2.75) is 32.6 Å². The summed E-state index contributed by atoms with van der Waals surface area (Å²) >= 11 is 0. The second-order valence-electron chi connectivity index (χ2n) is 4.42. The normalized spacial score (nSPS) is 20.3. The zero-order valence-electron chi connectivity index (χ0n) is 9.55. The van der Waals surface area contributed by atoms with Crippen molar-refractivity contribution in [3.05, 3.63) is 28.8 Å². The van der Waals surface area contributed by atoms with E-state index in [1.54, 1.807) is 0 Å². The van der Waals surface area contributed by atoms with E-state index in [1.807, 2.05) is 0 Å². The van der Waals surface area contributed by atoms with Gasteiger partial charge >= 0.3 is 0 Å². The van der Waals surface area contributed by atoms with E-state index in [2.05, 4.69) is 26.0 Å². The van der Waals surface area contributed by atoms with Gasteiger partial charge in [0.25, 0.3) is 0 Å². The molecule has 0 spiro atoms. The highest BCUT2D eigenvalue weighted by Crippen LogP contribution is 2.35. The van der Waals surface area contributed by atoms with Crippen molar-refractivity contribution in [2.75, 3.05) is 13.2 Å². The van der Waals surface area contributed by atoms with E-state index in [0.29, 0.717) is 5.92 Å². The van der Waals surface area contributed by atoms with Gasteiger partial charge < -0.3 is 10.5 Å². The molecule has 0 aliphatic carbocycles. The van der Waals surface area contributed by atoms with Gasteiger partial charge in [-0.15, -0.1) is 0 Å². The van der Waals surface area contributed by atoms with E-state index < -0.39 is 0 Å². The third-order valence-corrected chi connectivity index (χ3v) is 3.14. The van der Waals surface area contributed by atoms with Gasteiger partial charge in [-0.1, -0.05) is 6.07 Å². The summed E-state index contributed by atoms with van der Waals surface area (Å²) in [6.07, 6.45) is 2.25. The highest BCUT2D eigenvalue weighted by atomic mass is 16.5. The Bertz CT molecular complexity index is 360. The minimum Gasteiger partial charge on any atom is -0.493 e. The molecule has 2 heteroatoms. The molecule has 0 fully saturated rings. The SMILES string of the molecule is Cc1cc(C)c2c(c1)OCCCC2CN. The standard InChI is InChI=1S/C13H19NO/c1-9-6-10(2)13-11(8-14)4-3-5-15-12(13)7-9/h6-7,11H,3-5,8,14H2,1-2H3. The van der Waals surface area contributed by atoms with Crippen molar-refractivity contribution < 1.29 is 4.74 Å². The molecular weight excluding hydrogens is 186 g/mol. The largest absolute Gasteiger partial charge is 0.493 e. The van der Waals surface area contributed by atoms with Crippen molar-refractivity contribution in [1.82, 2.24) is 0 Å². The van der Waals surface area contributed by atoms with Crippen LogP contribution in [-0.4, -0.2) is 13.2 Å². The molecular formula is C13H19NO. The van der Waals surface area contributed by atoms with Gasteiger partial charge in [-0.05, 0) is 50.4 Å². The van der Waals surface area contributed by atoms with Crippen LogP contribution in [0.15, 0.2) is 12.1 Å². The molecule has 0 amide bonds. The zero-order valence-corrected chi connectivity index (χ0v) is 9.55. The highest BCUT2D eigenvalue weighted by Gasteiger charge is 2.20. The van der Waals surface area contributed by atoms with Gasteiger partial charge in [0.05, 0.1) is 6.61 Å². The Balaban J connectivity index is 2.50. The third-order valence-electron chi connectivity index (χ3n) is 3.14.